The summed E-state index contributed by atoms with van der Waals surface area (Å²) in [5.74, 6) is -0.793. The molecule has 0 spiro atoms. The Morgan fingerprint density at radius 2 is 2.14 bits per heavy atom. The van der Waals surface area contributed by atoms with Gasteiger partial charge in [-0.15, -0.1) is 6.58 Å². The van der Waals surface area contributed by atoms with Crippen molar-refractivity contribution in [3.63, 3.8) is 0 Å². The molecule has 7 nitrogen and oxygen atoms in total. The van der Waals surface area contributed by atoms with Gasteiger partial charge in [0.1, 0.15) is 6.04 Å². The Balaban J connectivity index is 2.66. The van der Waals surface area contributed by atoms with Crippen LogP contribution in [-0.2, 0) is 19.2 Å². The second-order valence-corrected chi connectivity index (χ2v) is 4.94. The Bertz CT molecular complexity index is 436. The maximum atomic E-state index is 12.2. The number of carbonyl (C=O) groups excluding carboxylic acids is 4. The molecule has 0 saturated carbocycles. The molecule has 1 fully saturated rings. The minimum atomic E-state index is -0.611. The van der Waals surface area contributed by atoms with E-state index in [1.165, 1.54) is 11.8 Å². The van der Waals surface area contributed by atoms with Crippen LogP contribution in [0.4, 0.5) is 0 Å². The van der Waals surface area contributed by atoms with E-state index in [-0.39, 0.29) is 24.1 Å². The highest BCUT2D eigenvalue weighted by Crippen LogP contribution is 2.17. The molecular weight excluding hydrogens is 274 g/mol. The molecule has 0 bridgehead atoms. The molecule has 0 radical (unpaired) electrons. The second kappa shape index (κ2) is 8.18. The Hall–Kier alpha value is -2.18. The van der Waals surface area contributed by atoms with Crippen LogP contribution in [-0.4, -0.2) is 54.1 Å². The SMILES string of the molecule is C=CCC(NC(=O)C1CCCN1C(=O)CNC=O)C(C)=O. The summed E-state index contributed by atoms with van der Waals surface area (Å²) in [6.07, 6.45) is 3.64. The van der Waals surface area contributed by atoms with Crippen LogP contribution in [0.3, 0.4) is 0 Å². The fraction of sp³-hybridized carbons (Fsp3) is 0.571. The van der Waals surface area contributed by atoms with E-state index in [0.717, 1.165) is 6.42 Å². The summed E-state index contributed by atoms with van der Waals surface area (Å²) in [4.78, 5) is 47.3. The third-order valence-corrected chi connectivity index (χ3v) is 3.42. The van der Waals surface area contributed by atoms with E-state index in [1.807, 2.05) is 0 Å². The van der Waals surface area contributed by atoms with Crippen LogP contribution in [0.5, 0.6) is 0 Å². The lowest BCUT2D eigenvalue weighted by Crippen LogP contribution is -2.51. The number of ketones is 1. The molecule has 2 atom stereocenters. The van der Waals surface area contributed by atoms with Crippen molar-refractivity contribution in [2.75, 3.05) is 13.1 Å². The average molecular weight is 295 g/mol. The Labute approximate surface area is 123 Å². The summed E-state index contributed by atoms with van der Waals surface area (Å²) < 4.78 is 0. The van der Waals surface area contributed by atoms with E-state index in [0.29, 0.717) is 25.8 Å². The summed E-state index contributed by atoms with van der Waals surface area (Å²) in [5, 5.41) is 4.95. The minimum Gasteiger partial charge on any atom is -0.350 e. The molecule has 1 rings (SSSR count). The van der Waals surface area contributed by atoms with Gasteiger partial charge < -0.3 is 15.5 Å². The zero-order valence-electron chi connectivity index (χ0n) is 12.1. The van der Waals surface area contributed by atoms with Crippen LogP contribution >= 0.6 is 0 Å². The van der Waals surface area contributed by atoms with Gasteiger partial charge in [0.15, 0.2) is 5.78 Å². The zero-order valence-corrected chi connectivity index (χ0v) is 12.1. The molecule has 116 valence electrons. The summed E-state index contributed by atoms with van der Waals surface area (Å²) in [6, 6.07) is -1.20. The standard InChI is InChI=1S/C14H21N3O4/c1-3-5-11(10(2)19)16-14(21)12-6-4-7-17(12)13(20)8-15-9-18/h3,9,11-12H,1,4-8H2,2H3,(H,15,18)(H,16,21). The number of Topliss-reactive ketones (excluding diaryl/α,β-unsaturated/α-hetero) is 1. The van der Waals surface area contributed by atoms with Gasteiger partial charge in [-0.2, -0.15) is 0 Å². The van der Waals surface area contributed by atoms with Crippen LogP contribution in [0, 0.1) is 0 Å². The summed E-state index contributed by atoms with van der Waals surface area (Å²) >= 11 is 0. The van der Waals surface area contributed by atoms with Crippen LogP contribution in [0.25, 0.3) is 0 Å². The van der Waals surface area contributed by atoms with Crippen LogP contribution in [0.2, 0.25) is 0 Å². The maximum Gasteiger partial charge on any atom is 0.243 e. The lowest BCUT2D eigenvalue weighted by Gasteiger charge is -2.25. The van der Waals surface area contributed by atoms with Crippen molar-refractivity contribution in [1.82, 2.24) is 15.5 Å². The number of rotatable bonds is 8. The third kappa shape index (κ3) is 4.70. The zero-order chi connectivity index (χ0) is 15.8. The molecule has 2 N–H and O–H groups in total. The number of likely N-dealkylation sites (tertiary alicyclic amines) is 1. The van der Waals surface area contributed by atoms with E-state index in [9.17, 15) is 19.2 Å². The van der Waals surface area contributed by atoms with Gasteiger partial charge in [-0.05, 0) is 26.2 Å². The van der Waals surface area contributed by atoms with Crippen molar-refractivity contribution < 1.29 is 19.2 Å². The van der Waals surface area contributed by atoms with Gasteiger partial charge >= 0.3 is 0 Å². The number of amides is 3. The van der Waals surface area contributed by atoms with E-state index in [1.54, 1.807) is 6.08 Å². The fourth-order valence-corrected chi connectivity index (χ4v) is 2.33. The second-order valence-electron chi connectivity index (χ2n) is 4.94. The number of nitrogens with zero attached hydrogens (tertiary/aromatic N) is 1. The molecule has 1 heterocycles. The lowest BCUT2D eigenvalue weighted by molar-refractivity contribution is -0.139. The first-order chi connectivity index (χ1) is 10.0. The monoisotopic (exact) mass is 295 g/mol. The van der Waals surface area contributed by atoms with Crippen LogP contribution in [0.15, 0.2) is 12.7 Å². The first kappa shape index (κ1) is 16.9. The van der Waals surface area contributed by atoms with E-state index >= 15 is 0 Å². The molecule has 1 aliphatic rings. The largest absolute Gasteiger partial charge is 0.350 e. The van der Waals surface area contributed by atoms with Gasteiger partial charge in [0.25, 0.3) is 0 Å². The first-order valence-electron chi connectivity index (χ1n) is 6.89. The smallest absolute Gasteiger partial charge is 0.243 e. The molecule has 1 aliphatic heterocycles. The van der Waals surface area contributed by atoms with Crippen LogP contribution in [0.1, 0.15) is 26.2 Å². The Morgan fingerprint density at radius 3 is 2.71 bits per heavy atom. The summed E-state index contributed by atoms with van der Waals surface area (Å²) in [6.45, 7) is 5.30. The molecular formula is C14H21N3O4. The molecule has 1 saturated heterocycles. The van der Waals surface area contributed by atoms with E-state index < -0.39 is 12.1 Å². The normalized spacial score (nSPS) is 18.7. The number of carbonyl (C=O) groups is 4. The van der Waals surface area contributed by atoms with Crippen molar-refractivity contribution in [2.24, 2.45) is 0 Å². The maximum absolute atomic E-state index is 12.2. The molecule has 3 amide bonds. The predicted octanol–water partition coefficient (Wildman–Crippen LogP) is -0.627. The Morgan fingerprint density at radius 1 is 1.43 bits per heavy atom. The minimum absolute atomic E-state index is 0.129. The quantitative estimate of drug-likeness (QED) is 0.460. The fourth-order valence-electron chi connectivity index (χ4n) is 2.33. The van der Waals surface area contributed by atoms with E-state index in [2.05, 4.69) is 17.2 Å². The topological polar surface area (TPSA) is 95.6 Å². The van der Waals surface area contributed by atoms with Gasteiger partial charge in [-0.25, -0.2) is 0 Å². The third-order valence-electron chi connectivity index (χ3n) is 3.42. The molecule has 0 aromatic carbocycles. The van der Waals surface area contributed by atoms with Gasteiger partial charge in [0.05, 0.1) is 12.6 Å². The van der Waals surface area contributed by atoms with Crippen molar-refractivity contribution in [2.45, 2.75) is 38.3 Å². The summed E-state index contributed by atoms with van der Waals surface area (Å²) in [7, 11) is 0. The van der Waals surface area contributed by atoms with Crippen molar-refractivity contribution in [3.05, 3.63) is 12.7 Å². The molecule has 2 unspecified atom stereocenters. The van der Waals surface area contributed by atoms with Gasteiger partial charge in [-0.1, -0.05) is 6.08 Å². The highest BCUT2D eigenvalue weighted by atomic mass is 16.2. The molecule has 0 aliphatic carbocycles. The number of nitrogens with one attached hydrogen (secondary N) is 2. The molecule has 21 heavy (non-hydrogen) atoms. The summed E-state index contributed by atoms with van der Waals surface area (Å²) in [5.41, 5.74) is 0. The average Bonchev–Trinajstić information content (AvgIpc) is 2.93. The number of hydrogen-bond acceptors (Lipinski definition) is 4. The predicted molar refractivity (Wildman–Crippen MR) is 76.2 cm³/mol. The van der Waals surface area contributed by atoms with Gasteiger partial charge in [0.2, 0.25) is 18.2 Å². The highest BCUT2D eigenvalue weighted by Gasteiger charge is 2.34. The molecule has 0 aromatic rings. The molecule has 0 aromatic heterocycles. The first-order valence-corrected chi connectivity index (χ1v) is 6.89. The lowest BCUT2D eigenvalue weighted by atomic mass is 10.1. The van der Waals surface area contributed by atoms with Crippen molar-refractivity contribution in [1.29, 1.82) is 0 Å². The van der Waals surface area contributed by atoms with Crippen molar-refractivity contribution in [3.8, 4) is 0 Å². The molecule has 7 heteroatoms. The number of hydrogen-bond donors (Lipinski definition) is 2. The van der Waals surface area contributed by atoms with Crippen LogP contribution < -0.4 is 10.6 Å². The highest BCUT2D eigenvalue weighted by molar-refractivity contribution is 5.93. The van der Waals surface area contributed by atoms with Crippen molar-refractivity contribution >= 4 is 24.0 Å². The van der Waals surface area contributed by atoms with Gasteiger partial charge in [-0.3, -0.25) is 19.2 Å². The Kier molecular flexibility index (Phi) is 6.58. The van der Waals surface area contributed by atoms with E-state index in [4.69, 9.17) is 0 Å². The van der Waals surface area contributed by atoms with Gasteiger partial charge in [0, 0.05) is 6.54 Å².